The zero-order chi connectivity index (χ0) is 15.6. The van der Waals surface area contributed by atoms with Crippen molar-refractivity contribution in [3.63, 3.8) is 0 Å². The first-order chi connectivity index (χ1) is 9.93. The van der Waals surface area contributed by atoms with Crippen LogP contribution in [0.15, 0.2) is 36.4 Å². The van der Waals surface area contributed by atoms with Gasteiger partial charge in [0.15, 0.2) is 17.4 Å². The first-order valence-electron chi connectivity index (χ1n) is 5.78. The highest BCUT2D eigenvalue weighted by molar-refractivity contribution is 6.31. The van der Waals surface area contributed by atoms with Crippen LogP contribution >= 0.6 is 11.6 Å². The minimum atomic E-state index is -1.33. The Morgan fingerprint density at radius 1 is 1.10 bits per heavy atom. The summed E-state index contributed by atoms with van der Waals surface area (Å²) < 4.78 is 39.0. The second-order valence-corrected chi connectivity index (χ2v) is 4.63. The highest BCUT2D eigenvalue weighted by Gasteiger charge is 2.25. The van der Waals surface area contributed by atoms with Gasteiger partial charge in [0, 0.05) is 10.6 Å². The average Bonchev–Trinajstić information content (AvgIpc) is 2.44. The Balaban J connectivity index is 2.43. The number of nitriles is 1. The summed E-state index contributed by atoms with van der Waals surface area (Å²) in [7, 11) is 0. The standard InChI is InChI=1S/C15H7ClF3NO/c16-12-6-9(17)2-3-10(12)11(7-20)15(21)8-1-4-13(18)14(19)5-8/h1-6,11H. The fourth-order valence-electron chi connectivity index (χ4n) is 1.82. The maximum atomic E-state index is 13.2. The minimum absolute atomic E-state index is 0.0857. The molecule has 106 valence electrons. The Hall–Kier alpha value is -2.32. The lowest BCUT2D eigenvalue weighted by molar-refractivity contribution is 0.0978. The lowest BCUT2D eigenvalue weighted by atomic mass is 9.91. The molecule has 1 unspecified atom stereocenters. The monoisotopic (exact) mass is 309 g/mol. The zero-order valence-electron chi connectivity index (χ0n) is 10.4. The fraction of sp³-hybridized carbons (Fsp3) is 0.0667. The summed E-state index contributed by atoms with van der Waals surface area (Å²) >= 11 is 5.81. The molecule has 0 heterocycles. The Labute approximate surface area is 123 Å². The predicted molar refractivity (Wildman–Crippen MR) is 70.5 cm³/mol. The van der Waals surface area contributed by atoms with E-state index in [0.717, 1.165) is 24.3 Å². The van der Waals surface area contributed by atoms with Crippen molar-refractivity contribution in [3.8, 4) is 6.07 Å². The van der Waals surface area contributed by atoms with Crippen LogP contribution in [-0.4, -0.2) is 5.78 Å². The molecule has 0 fully saturated rings. The quantitative estimate of drug-likeness (QED) is 0.795. The van der Waals surface area contributed by atoms with E-state index in [2.05, 4.69) is 0 Å². The van der Waals surface area contributed by atoms with E-state index in [9.17, 15) is 18.0 Å². The third-order valence-corrected chi connectivity index (χ3v) is 3.20. The van der Waals surface area contributed by atoms with Gasteiger partial charge >= 0.3 is 0 Å². The van der Waals surface area contributed by atoms with Gasteiger partial charge in [-0.05, 0) is 35.9 Å². The third kappa shape index (κ3) is 3.06. The summed E-state index contributed by atoms with van der Waals surface area (Å²) in [6, 6.07) is 7.56. The maximum absolute atomic E-state index is 13.2. The molecule has 0 aliphatic rings. The van der Waals surface area contributed by atoms with Gasteiger partial charge in [-0.3, -0.25) is 4.79 Å². The van der Waals surface area contributed by atoms with Gasteiger partial charge < -0.3 is 0 Å². The maximum Gasteiger partial charge on any atom is 0.184 e. The van der Waals surface area contributed by atoms with Crippen molar-refractivity contribution in [2.75, 3.05) is 0 Å². The van der Waals surface area contributed by atoms with Crippen molar-refractivity contribution >= 4 is 17.4 Å². The Morgan fingerprint density at radius 3 is 2.38 bits per heavy atom. The van der Waals surface area contributed by atoms with E-state index in [-0.39, 0.29) is 16.1 Å². The number of nitrogens with zero attached hydrogens (tertiary/aromatic N) is 1. The van der Waals surface area contributed by atoms with Gasteiger partial charge in [-0.1, -0.05) is 17.7 Å². The molecule has 0 spiro atoms. The molecule has 0 aromatic heterocycles. The van der Waals surface area contributed by atoms with Crippen LogP contribution in [0.4, 0.5) is 13.2 Å². The molecule has 0 amide bonds. The number of ketones is 1. The average molecular weight is 310 g/mol. The number of carbonyl (C=O) groups is 1. The van der Waals surface area contributed by atoms with Gasteiger partial charge in [-0.15, -0.1) is 0 Å². The van der Waals surface area contributed by atoms with Crippen molar-refractivity contribution in [2.24, 2.45) is 0 Å². The number of halogens is 4. The van der Waals surface area contributed by atoms with E-state index in [1.165, 1.54) is 6.07 Å². The van der Waals surface area contributed by atoms with Gasteiger partial charge in [0.05, 0.1) is 6.07 Å². The normalized spacial score (nSPS) is 11.8. The predicted octanol–water partition coefficient (Wildman–Crippen LogP) is 4.25. The van der Waals surface area contributed by atoms with Crippen LogP contribution < -0.4 is 0 Å². The van der Waals surface area contributed by atoms with Crippen molar-refractivity contribution in [2.45, 2.75) is 5.92 Å². The van der Waals surface area contributed by atoms with E-state index in [4.69, 9.17) is 16.9 Å². The van der Waals surface area contributed by atoms with E-state index < -0.39 is 29.2 Å². The first-order valence-corrected chi connectivity index (χ1v) is 6.15. The topological polar surface area (TPSA) is 40.9 Å². The summed E-state index contributed by atoms with van der Waals surface area (Å²) in [5, 5.41) is 9.05. The largest absolute Gasteiger partial charge is 0.292 e. The molecule has 2 aromatic rings. The molecule has 2 aromatic carbocycles. The molecule has 1 atom stereocenters. The number of hydrogen-bond acceptors (Lipinski definition) is 2. The Bertz CT molecular complexity index is 755. The van der Waals surface area contributed by atoms with E-state index in [1.54, 1.807) is 6.07 Å². The van der Waals surface area contributed by atoms with Crippen molar-refractivity contribution in [1.29, 1.82) is 5.26 Å². The Kier molecular flexibility index (Phi) is 4.29. The molecule has 21 heavy (non-hydrogen) atoms. The van der Waals surface area contributed by atoms with Crippen LogP contribution in [0.2, 0.25) is 5.02 Å². The van der Waals surface area contributed by atoms with Gasteiger partial charge in [0.25, 0.3) is 0 Å². The highest BCUT2D eigenvalue weighted by atomic mass is 35.5. The number of carbonyl (C=O) groups excluding carboxylic acids is 1. The molecule has 0 N–H and O–H groups in total. The first kappa shape index (κ1) is 15.1. The SMILES string of the molecule is N#CC(C(=O)c1ccc(F)c(F)c1)c1ccc(F)cc1Cl. The third-order valence-electron chi connectivity index (χ3n) is 2.87. The molecule has 0 saturated heterocycles. The molecule has 0 bridgehead atoms. The Morgan fingerprint density at radius 2 is 1.81 bits per heavy atom. The van der Waals surface area contributed by atoms with Crippen molar-refractivity contribution in [3.05, 3.63) is 70.0 Å². The molecule has 0 aliphatic carbocycles. The number of rotatable bonds is 3. The minimum Gasteiger partial charge on any atom is -0.292 e. The van der Waals surface area contributed by atoms with Gasteiger partial charge in [0.2, 0.25) is 0 Å². The van der Waals surface area contributed by atoms with E-state index in [1.807, 2.05) is 0 Å². The number of benzene rings is 2. The second kappa shape index (κ2) is 5.98. The molecule has 2 rings (SSSR count). The van der Waals surface area contributed by atoms with Crippen LogP contribution in [0.3, 0.4) is 0 Å². The summed E-state index contributed by atoms with van der Waals surface area (Å²) in [6.07, 6.45) is 0. The summed E-state index contributed by atoms with van der Waals surface area (Å²) in [5.74, 6) is -4.98. The van der Waals surface area contributed by atoms with Crippen LogP contribution in [-0.2, 0) is 0 Å². The summed E-state index contributed by atoms with van der Waals surface area (Å²) in [5.41, 5.74) is -0.0591. The number of hydrogen-bond donors (Lipinski definition) is 0. The lowest BCUT2D eigenvalue weighted by Gasteiger charge is -2.11. The van der Waals surface area contributed by atoms with Crippen molar-refractivity contribution < 1.29 is 18.0 Å². The molecule has 2 nitrogen and oxygen atoms in total. The summed E-state index contributed by atoms with van der Waals surface area (Å²) in [6.45, 7) is 0. The number of Topliss-reactive ketones (excluding diaryl/α,β-unsaturated/α-hetero) is 1. The highest BCUT2D eigenvalue weighted by Crippen LogP contribution is 2.28. The van der Waals surface area contributed by atoms with Gasteiger partial charge in [-0.2, -0.15) is 5.26 Å². The van der Waals surface area contributed by atoms with Crippen LogP contribution in [0, 0.1) is 28.8 Å². The molecular formula is C15H7ClF3NO. The molecule has 6 heteroatoms. The van der Waals surface area contributed by atoms with Crippen LogP contribution in [0.25, 0.3) is 0 Å². The lowest BCUT2D eigenvalue weighted by Crippen LogP contribution is -2.12. The molecule has 0 radical (unpaired) electrons. The van der Waals surface area contributed by atoms with Gasteiger partial charge in [-0.25, -0.2) is 13.2 Å². The molecular weight excluding hydrogens is 303 g/mol. The molecule has 0 saturated carbocycles. The van der Waals surface area contributed by atoms with Gasteiger partial charge in [0.1, 0.15) is 11.7 Å². The van der Waals surface area contributed by atoms with Crippen LogP contribution in [0.5, 0.6) is 0 Å². The smallest absolute Gasteiger partial charge is 0.184 e. The van der Waals surface area contributed by atoms with Crippen LogP contribution in [0.1, 0.15) is 21.8 Å². The van der Waals surface area contributed by atoms with E-state index >= 15 is 0 Å². The second-order valence-electron chi connectivity index (χ2n) is 4.22. The fourth-order valence-corrected chi connectivity index (χ4v) is 2.10. The summed E-state index contributed by atoms with van der Waals surface area (Å²) in [4.78, 5) is 12.2. The van der Waals surface area contributed by atoms with Crippen molar-refractivity contribution in [1.82, 2.24) is 0 Å². The molecule has 0 aliphatic heterocycles. The van der Waals surface area contributed by atoms with E-state index in [0.29, 0.717) is 6.07 Å². The zero-order valence-corrected chi connectivity index (χ0v) is 11.2.